The molecule has 0 aliphatic carbocycles. The number of H-pyrrole nitrogens is 1. The summed E-state index contributed by atoms with van der Waals surface area (Å²) in [4.78, 5) is 18.8. The van der Waals surface area contributed by atoms with Crippen LogP contribution in [0.15, 0.2) is 30.5 Å². The van der Waals surface area contributed by atoms with Gasteiger partial charge in [-0.2, -0.15) is 0 Å². The third-order valence-electron chi connectivity index (χ3n) is 3.28. The van der Waals surface area contributed by atoms with Gasteiger partial charge in [-0.1, -0.05) is 11.6 Å². The molecule has 0 aliphatic rings. The van der Waals surface area contributed by atoms with Gasteiger partial charge < -0.3 is 15.5 Å². The quantitative estimate of drug-likeness (QED) is 0.709. The summed E-state index contributed by atoms with van der Waals surface area (Å²) >= 11 is 5.96. The molecular weight excluding hydrogens is 309 g/mol. The summed E-state index contributed by atoms with van der Waals surface area (Å²) in [6.45, 7) is 0. The fraction of sp³-hybridized carbons (Fsp3) is 0.0667. The van der Waals surface area contributed by atoms with Crippen LogP contribution in [0.1, 0.15) is 10.5 Å². The molecule has 0 amide bonds. The number of nitrogens with one attached hydrogen (secondary N) is 1. The van der Waals surface area contributed by atoms with Crippen molar-refractivity contribution in [3.63, 3.8) is 0 Å². The van der Waals surface area contributed by atoms with Gasteiger partial charge in [0.15, 0.2) is 5.69 Å². The van der Waals surface area contributed by atoms with E-state index in [0.717, 1.165) is 10.9 Å². The van der Waals surface area contributed by atoms with E-state index in [1.54, 1.807) is 18.3 Å². The Bertz CT molecular complexity index is 892. The SMILES string of the molecule is COC(=O)c1nc(-c2cc3[nH]ccc3cc2F)cc(N)c1Cl. The molecule has 3 N–H and O–H groups in total. The molecule has 7 heteroatoms. The van der Waals surface area contributed by atoms with Crippen molar-refractivity contribution in [2.75, 3.05) is 12.8 Å². The van der Waals surface area contributed by atoms with Gasteiger partial charge in [-0.15, -0.1) is 0 Å². The van der Waals surface area contributed by atoms with Crippen molar-refractivity contribution < 1.29 is 13.9 Å². The van der Waals surface area contributed by atoms with Gasteiger partial charge in [-0.05, 0) is 24.3 Å². The van der Waals surface area contributed by atoms with Gasteiger partial charge in [0.25, 0.3) is 0 Å². The van der Waals surface area contributed by atoms with Crippen LogP contribution in [-0.2, 0) is 4.74 Å². The molecular formula is C15H11ClFN3O2. The van der Waals surface area contributed by atoms with Crippen LogP contribution in [0.2, 0.25) is 5.02 Å². The summed E-state index contributed by atoms with van der Waals surface area (Å²) in [5.74, 6) is -1.21. The van der Waals surface area contributed by atoms with E-state index < -0.39 is 11.8 Å². The third kappa shape index (κ3) is 2.27. The van der Waals surface area contributed by atoms with E-state index in [0.29, 0.717) is 0 Å². The summed E-state index contributed by atoms with van der Waals surface area (Å²) in [6, 6.07) is 6.15. The maximum absolute atomic E-state index is 14.3. The average molecular weight is 320 g/mol. The van der Waals surface area contributed by atoms with Gasteiger partial charge >= 0.3 is 5.97 Å². The fourth-order valence-corrected chi connectivity index (χ4v) is 2.36. The summed E-state index contributed by atoms with van der Waals surface area (Å²) in [5.41, 5.74) is 6.92. The summed E-state index contributed by atoms with van der Waals surface area (Å²) < 4.78 is 18.9. The number of nitrogens with two attached hydrogens (primary N) is 1. The minimum atomic E-state index is -0.736. The van der Waals surface area contributed by atoms with Gasteiger partial charge in [-0.25, -0.2) is 14.2 Å². The van der Waals surface area contributed by atoms with E-state index in [4.69, 9.17) is 17.3 Å². The number of nitrogen functional groups attached to an aromatic ring is 1. The van der Waals surface area contributed by atoms with Crippen LogP contribution >= 0.6 is 11.6 Å². The number of pyridine rings is 1. The highest BCUT2D eigenvalue weighted by atomic mass is 35.5. The Labute approximate surface area is 129 Å². The summed E-state index contributed by atoms with van der Waals surface area (Å²) in [6.07, 6.45) is 1.71. The van der Waals surface area contributed by atoms with Crippen molar-refractivity contribution in [2.24, 2.45) is 0 Å². The number of benzene rings is 1. The van der Waals surface area contributed by atoms with Crippen LogP contribution in [0.5, 0.6) is 0 Å². The predicted octanol–water partition coefficient (Wildman–Crippen LogP) is 3.39. The van der Waals surface area contributed by atoms with Gasteiger partial charge in [0.05, 0.1) is 23.5 Å². The van der Waals surface area contributed by atoms with Crippen molar-refractivity contribution >= 4 is 34.2 Å². The highest BCUT2D eigenvalue weighted by Gasteiger charge is 2.19. The number of esters is 1. The Morgan fingerprint density at radius 2 is 2.18 bits per heavy atom. The zero-order chi connectivity index (χ0) is 15.9. The maximum atomic E-state index is 14.3. The molecule has 0 saturated carbocycles. The number of carbonyl (C=O) groups is 1. The molecule has 2 aromatic heterocycles. The number of ether oxygens (including phenoxy) is 1. The lowest BCUT2D eigenvalue weighted by Crippen LogP contribution is -2.08. The van der Waals surface area contributed by atoms with Gasteiger partial charge in [0.2, 0.25) is 0 Å². The Kier molecular flexibility index (Phi) is 3.46. The van der Waals surface area contributed by atoms with Crippen LogP contribution in [-0.4, -0.2) is 23.0 Å². The smallest absolute Gasteiger partial charge is 0.358 e. The van der Waals surface area contributed by atoms with Crippen molar-refractivity contribution in [1.29, 1.82) is 0 Å². The topological polar surface area (TPSA) is 81.0 Å². The normalized spacial score (nSPS) is 10.9. The van der Waals surface area contributed by atoms with Crippen LogP contribution in [0.25, 0.3) is 22.2 Å². The molecule has 112 valence electrons. The molecule has 2 heterocycles. The van der Waals surface area contributed by atoms with Crippen LogP contribution < -0.4 is 5.73 Å². The number of hydrogen-bond donors (Lipinski definition) is 2. The van der Waals surface area contributed by atoms with E-state index in [2.05, 4.69) is 14.7 Å². The van der Waals surface area contributed by atoms with Crippen LogP contribution in [0.3, 0.4) is 0 Å². The van der Waals surface area contributed by atoms with E-state index in [1.807, 2.05) is 0 Å². The molecule has 0 atom stereocenters. The van der Waals surface area contributed by atoms with Crippen LogP contribution in [0, 0.1) is 5.82 Å². The van der Waals surface area contributed by atoms with Crippen molar-refractivity contribution in [1.82, 2.24) is 9.97 Å². The second-order valence-corrected chi connectivity index (χ2v) is 5.03. The number of fused-ring (bicyclic) bond motifs is 1. The Hall–Kier alpha value is -2.60. The summed E-state index contributed by atoms with van der Waals surface area (Å²) in [7, 11) is 1.20. The minimum Gasteiger partial charge on any atom is -0.464 e. The average Bonchev–Trinajstić information content (AvgIpc) is 2.95. The number of aromatic amines is 1. The van der Waals surface area contributed by atoms with E-state index in [1.165, 1.54) is 19.2 Å². The number of aromatic nitrogens is 2. The lowest BCUT2D eigenvalue weighted by Gasteiger charge is -2.09. The first-order valence-electron chi connectivity index (χ1n) is 6.32. The zero-order valence-corrected chi connectivity index (χ0v) is 12.2. The van der Waals surface area contributed by atoms with Crippen molar-refractivity contribution in [2.45, 2.75) is 0 Å². The number of carbonyl (C=O) groups excluding carboxylic acids is 1. The molecule has 0 aliphatic heterocycles. The second-order valence-electron chi connectivity index (χ2n) is 4.65. The van der Waals surface area contributed by atoms with Crippen molar-refractivity contribution in [3.05, 3.63) is 47.0 Å². The Morgan fingerprint density at radius 1 is 1.41 bits per heavy atom. The predicted molar refractivity (Wildman–Crippen MR) is 82.2 cm³/mol. The van der Waals surface area contributed by atoms with Crippen LogP contribution in [0.4, 0.5) is 10.1 Å². The largest absolute Gasteiger partial charge is 0.464 e. The maximum Gasteiger partial charge on any atom is 0.358 e. The lowest BCUT2D eigenvalue weighted by molar-refractivity contribution is 0.0594. The molecule has 1 aromatic carbocycles. The first kappa shape index (κ1) is 14.3. The molecule has 0 fully saturated rings. The molecule has 0 saturated heterocycles. The number of methoxy groups -OCH3 is 1. The first-order valence-corrected chi connectivity index (χ1v) is 6.70. The Balaban J connectivity index is 2.23. The van der Waals surface area contributed by atoms with Gasteiger partial charge in [0.1, 0.15) is 5.82 Å². The highest BCUT2D eigenvalue weighted by Crippen LogP contribution is 2.31. The second kappa shape index (κ2) is 5.31. The number of halogens is 2. The summed E-state index contributed by atoms with van der Waals surface area (Å²) in [5, 5.41) is 0.716. The molecule has 0 unspecified atom stereocenters. The number of hydrogen-bond acceptors (Lipinski definition) is 4. The molecule has 5 nitrogen and oxygen atoms in total. The molecule has 3 aromatic rings. The lowest BCUT2D eigenvalue weighted by atomic mass is 10.1. The number of rotatable bonds is 2. The molecule has 22 heavy (non-hydrogen) atoms. The molecule has 0 bridgehead atoms. The van der Waals surface area contributed by atoms with Gasteiger partial charge in [0, 0.05) is 22.7 Å². The minimum absolute atomic E-state index is 0.0167. The Morgan fingerprint density at radius 3 is 2.91 bits per heavy atom. The van der Waals surface area contributed by atoms with E-state index in [9.17, 15) is 9.18 Å². The molecule has 0 radical (unpaired) electrons. The van der Waals surface area contributed by atoms with Gasteiger partial charge in [-0.3, -0.25) is 0 Å². The monoisotopic (exact) mass is 319 g/mol. The number of anilines is 1. The molecule has 3 rings (SSSR count). The zero-order valence-electron chi connectivity index (χ0n) is 11.5. The number of nitrogens with zero attached hydrogens (tertiary/aromatic N) is 1. The van der Waals surface area contributed by atoms with E-state index >= 15 is 0 Å². The van der Waals surface area contributed by atoms with Crippen molar-refractivity contribution in [3.8, 4) is 11.3 Å². The third-order valence-corrected chi connectivity index (χ3v) is 3.68. The molecule has 0 spiro atoms. The van der Waals surface area contributed by atoms with E-state index in [-0.39, 0.29) is 27.7 Å². The standard InChI is InChI=1S/C15H11ClFN3O2/c1-22-15(21)14-13(16)10(18)6-12(20-14)8-5-11-7(2-3-19-11)4-9(8)17/h2-6,19H,1H3,(H2,18,20). The highest BCUT2D eigenvalue weighted by molar-refractivity contribution is 6.35. The first-order chi connectivity index (χ1) is 10.5. The fourth-order valence-electron chi connectivity index (χ4n) is 2.19.